The first-order valence-corrected chi connectivity index (χ1v) is 18.6. The van der Waals surface area contributed by atoms with Gasteiger partial charge in [0.25, 0.3) is 5.91 Å². The zero-order valence-corrected chi connectivity index (χ0v) is 31.9. The maximum atomic E-state index is 14.2. The van der Waals surface area contributed by atoms with Crippen molar-refractivity contribution in [2.75, 3.05) is 27.7 Å². The molecule has 13 nitrogen and oxygen atoms in total. The van der Waals surface area contributed by atoms with E-state index in [9.17, 15) is 29.1 Å². The number of hydrogen-bond acceptors (Lipinski definition) is 11. The number of benzene rings is 1. The third-order valence-electron chi connectivity index (χ3n) is 9.70. The van der Waals surface area contributed by atoms with Crippen molar-refractivity contribution in [2.45, 2.75) is 110 Å². The summed E-state index contributed by atoms with van der Waals surface area (Å²) < 4.78 is 10.4. The second-order valence-electron chi connectivity index (χ2n) is 13.8. The molecule has 0 unspecified atom stereocenters. The van der Waals surface area contributed by atoms with Gasteiger partial charge in [0.2, 0.25) is 11.8 Å². The molecule has 3 amide bonds. The summed E-state index contributed by atoms with van der Waals surface area (Å²) in [6, 6.07) is 6.63. The van der Waals surface area contributed by atoms with E-state index in [0.29, 0.717) is 11.4 Å². The number of aliphatic hydroxyl groups is 1. The van der Waals surface area contributed by atoms with Gasteiger partial charge in [-0.25, -0.2) is 9.78 Å². The molecule has 1 aromatic heterocycles. The minimum absolute atomic E-state index is 0.0139. The summed E-state index contributed by atoms with van der Waals surface area (Å²) in [6.45, 7) is 9.98. The Hall–Kier alpha value is -3.88. The van der Waals surface area contributed by atoms with Crippen molar-refractivity contribution in [3.8, 4) is 0 Å². The van der Waals surface area contributed by atoms with E-state index in [0.717, 1.165) is 49.8 Å². The smallest absolute Gasteiger partial charge is 0.336 e. The number of carbonyl (C=O) groups is 5. The van der Waals surface area contributed by atoms with E-state index in [4.69, 9.17) is 9.47 Å². The average molecular weight is 730 g/mol. The van der Waals surface area contributed by atoms with Crippen molar-refractivity contribution in [2.24, 2.45) is 11.8 Å². The van der Waals surface area contributed by atoms with Crippen molar-refractivity contribution in [1.29, 1.82) is 0 Å². The number of ether oxygens (including phenoxy) is 2. The third-order valence-corrected chi connectivity index (χ3v) is 10.6. The van der Waals surface area contributed by atoms with Crippen LogP contribution in [0.15, 0.2) is 35.7 Å². The van der Waals surface area contributed by atoms with Crippen LogP contribution in [0.5, 0.6) is 0 Å². The van der Waals surface area contributed by atoms with Gasteiger partial charge in [-0.05, 0) is 50.3 Å². The monoisotopic (exact) mass is 729 g/mol. The molecule has 2 aromatic rings. The number of rotatable bonds is 17. The average Bonchev–Trinajstić information content (AvgIpc) is 3.61. The lowest BCUT2D eigenvalue weighted by atomic mass is 9.92. The standard InChI is InChI=1S/C37H55N5O8S/c1-9-23(4)31(40-34(46)28-17-13-14-18-41(28)6)36(47)42(7)29(22(2)3)20-30(50-24(5)43)35-39-27(21-51-35)33(45)38-26(32(44)37(48)49-8)19-25-15-11-10-12-16-25/h10-12,15-16,21-23,26,28-32,44H,9,13-14,17-20H2,1-8H3,(H,38,45)(H,40,46)/t23-,26-,28+,29+,30+,31-,32+/m0/s1. The quantitative estimate of drug-likeness (QED) is 0.205. The van der Waals surface area contributed by atoms with Crippen molar-refractivity contribution in [3.63, 3.8) is 0 Å². The first-order chi connectivity index (χ1) is 24.2. The maximum Gasteiger partial charge on any atom is 0.336 e. The molecule has 1 fully saturated rings. The van der Waals surface area contributed by atoms with Crippen LogP contribution >= 0.6 is 11.3 Å². The molecule has 0 bridgehead atoms. The summed E-state index contributed by atoms with van der Waals surface area (Å²) in [5, 5.41) is 18.3. The van der Waals surface area contributed by atoms with E-state index in [1.165, 1.54) is 12.3 Å². The van der Waals surface area contributed by atoms with Crippen LogP contribution < -0.4 is 10.6 Å². The Morgan fingerprint density at radius 1 is 1.10 bits per heavy atom. The molecule has 1 aromatic carbocycles. The minimum atomic E-state index is -1.63. The van der Waals surface area contributed by atoms with Gasteiger partial charge in [0.1, 0.15) is 16.7 Å². The molecule has 0 radical (unpaired) electrons. The van der Waals surface area contributed by atoms with Gasteiger partial charge in [-0.15, -0.1) is 11.3 Å². The summed E-state index contributed by atoms with van der Waals surface area (Å²) in [5.74, 6) is -2.66. The van der Waals surface area contributed by atoms with Crippen LogP contribution in [0.2, 0.25) is 0 Å². The molecule has 3 N–H and O–H groups in total. The molecular weight excluding hydrogens is 675 g/mol. The van der Waals surface area contributed by atoms with Crippen LogP contribution in [-0.2, 0) is 35.1 Å². The fourth-order valence-electron chi connectivity index (χ4n) is 6.39. The van der Waals surface area contributed by atoms with Crippen molar-refractivity contribution in [3.05, 3.63) is 52.0 Å². The number of likely N-dealkylation sites (N-methyl/N-ethyl adjacent to an activating group) is 2. The molecule has 1 aliphatic rings. The lowest BCUT2D eigenvalue weighted by Crippen LogP contribution is -2.58. The highest BCUT2D eigenvalue weighted by Gasteiger charge is 2.37. The lowest BCUT2D eigenvalue weighted by molar-refractivity contribution is -0.152. The highest BCUT2D eigenvalue weighted by Crippen LogP contribution is 2.31. The van der Waals surface area contributed by atoms with Gasteiger partial charge in [0, 0.05) is 31.8 Å². The largest absolute Gasteiger partial charge is 0.467 e. The fourth-order valence-corrected chi connectivity index (χ4v) is 7.23. The molecule has 1 aliphatic heterocycles. The number of methoxy groups -OCH3 is 1. The predicted octanol–water partition coefficient (Wildman–Crippen LogP) is 3.51. The lowest BCUT2D eigenvalue weighted by Gasteiger charge is -2.38. The topological polar surface area (TPSA) is 167 Å². The van der Waals surface area contributed by atoms with Gasteiger partial charge in [0.05, 0.1) is 19.2 Å². The number of aliphatic hydroxyl groups excluding tert-OH is 1. The molecular formula is C37H55N5O8S. The van der Waals surface area contributed by atoms with E-state index < -0.39 is 48.2 Å². The minimum Gasteiger partial charge on any atom is -0.467 e. The number of likely N-dealkylation sites (tertiary alicyclic amines) is 1. The van der Waals surface area contributed by atoms with E-state index in [1.54, 1.807) is 11.9 Å². The molecule has 282 valence electrons. The Bertz CT molecular complexity index is 1470. The van der Waals surface area contributed by atoms with E-state index in [2.05, 4.69) is 15.6 Å². The number of nitrogens with one attached hydrogen (secondary N) is 2. The molecule has 0 aliphatic carbocycles. The molecule has 0 spiro atoms. The Morgan fingerprint density at radius 3 is 2.37 bits per heavy atom. The highest BCUT2D eigenvalue weighted by atomic mass is 32.1. The number of amides is 3. The van der Waals surface area contributed by atoms with E-state index in [-0.39, 0.29) is 48.2 Å². The Kier molecular flexibility index (Phi) is 16.0. The van der Waals surface area contributed by atoms with Gasteiger partial charge in [-0.3, -0.25) is 24.1 Å². The summed E-state index contributed by atoms with van der Waals surface area (Å²) in [5.41, 5.74) is 0.800. The van der Waals surface area contributed by atoms with E-state index >= 15 is 0 Å². The van der Waals surface area contributed by atoms with Crippen LogP contribution in [0.3, 0.4) is 0 Å². The van der Waals surface area contributed by atoms with Gasteiger partial charge < -0.3 is 30.1 Å². The van der Waals surface area contributed by atoms with Crippen LogP contribution in [0.1, 0.15) is 93.9 Å². The van der Waals surface area contributed by atoms with Gasteiger partial charge in [-0.1, -0.05) is 70.9 Å². The maximum absolute atomic E-state index is 14.2. The summed E-state index contributed by atoms with van der Waals surface area (Å²) in [4.78, 5) is 73.7. The number of thiazole rings is 1. The van der Waals surface area contributed by atoms with Crippen molar-refractivity contribution >= 4 is 41.0 Å². The summed E-state index contributed by atoms with van der Waals surface area (Å²) in [7, 11) is 4.79. The Labute approximate surface area is 305 Å². The highest BCUT2D eigenvalue weighted by molar-refractivity contribution is 7.09. The van der Waals surface area contributed by atoms with Crippen molar-refractivity contribution in [1.82, 2.24) is 25.4 Å². The summed E-state index contributed by atoms with van der Waals surface area (Å²) in [6.07, 6.45) is 1.26. The first-order valence-electron chi connectivity index (χ1n) is 17.7. The second-order valence-corrected chi connectivity index (χ2v) is 14.7. The number of aromatic nitrogens is 1. The second kappa shape index (κ2) is 19.7. The van der Waals surface area contributed by atoms with Crippen LogP contribution in [0.4, 0.5) is 0 Å². The zero-order valence-electron chi connectivity index (χ0n) is 31.1. The predicted molar refractivity (Wildman–Crippen MR) is 194 cm³/mol. The number of hydrogen-bond donors (Lipinski definition) is 3. The van der Waals surface area contributed by atoms with Gasteiger partial charge >= 0.3 is 11.9 Å². The third kappa shape index (κ3) is 11.6. The normalized spacial score (nSPS) is 18.4. The molecule has 51 heavy (non-hydrogen) atoms. The Morgan fingerprint density at radius 2 is 1.78 bits per heavy atom. The van der Waals surface area contributed by atoms with Crippen LogP contribution in [0.25, 0.3) is 0 Å². The van der Waals surface area contributed by atoms with Gasteiger partial charge in [0.15, 0.2) is 12.2 Å². The van der Waals surface area contributed by atoms with Gasteiger partial charge in [-0.2, -0.15) is 0 Å². The zero-order chi connectivity index (χ0) is 37.8. The summed E-state index contributed by atoms with van der Waals surface area (Å²) >= 11 is 1.12. The molecule has 1 saturated heterocycles. The number of esters is 2. The molecule has 14 heteroatoms. The molecule has 2 heterocycles. The van der Waals surface area contributed by atoms with Crippen molar-refractivity contribution < 1.29 is 38.6 Å². The fraction of sp³-hybridized carbons (Fsp3) is 0.622. The molecule has 0 saturated carbocycles. The SMILES string of the molecule is CC[C@H](C)[C@H](NC(=O)[C@H]1CCCCN1C)C(=O)N(C)[C@H](C[C@@H](OC(C)=O)c1nc(C(=O)N[C@@H](Cc2ccccc2)[C@@H](O)C(=O)OC)cs1)C(C)C. The van der Waals surface area contributed by atoms with E-state index in [1.807, 2.05) is 70.0 Å². The number of piperidine rings is 1. The van der Waals surface area contributed by atoms with Crippen LogP contribution in [0, 0.1) is 11.8 Å². The van der Waals surface area contributed by atoms with Crippen LogP contribution in [-0.4, -0.2) is 108 Å². The molecule has 3 rings (SSSR count). The first kappa shape index (κ1) is 41.5. The number of nitrogens with zero attached hydrogens (tertiary/aromatic N) is 3. The molecule has 7 atom stereocenters. The Balaban J connectivity index is 1.82. The number of carbonyl (C=O) groups excluding carboxylic acids is 5.